The zero-order valence-electron chi connectivity index (χ0n) is 11.9. The summed E-state index contributed by atoms with van der Waals surface area (Å²) in [4.78, 5) is 14.9. The molecule has 1 aliphatic heterocycles. The zero-order chi connectivity index (χ0) is 14.7. The molecule has 0 radical (unpaired) electrons. The molecule has 2 aromatic rings. The number of likely N-dealkylation sites (tertiary alicyclic amines) is 1. The van der Waals surface area contributed by atoms with Gasteiger partial charge in [-0.15, -0.1) is 0 Å². The Bertz CT molecular complexity index is 586. The molecule has 0 bridgehead atoms. The minimum atomic E-state index is 0.166. The van der Waals surface area contributed by atoms with Gasteiger partial charge in [0.1, 0.15) is 0 Å². The molecule has 0 aliphatic carbocycles. The predicted molar refractivity (Wildman–Crippen MR) is 80.7 cm³/mol. The van der Waals surface area contributed by atoms with Gasteiger partial charge in [0, 0.05) is 25.5 Å². The highest BCUT2D eigenvalue weighted by Gasteiger charge is 2.17. The fourth-order valence-corrected chi connectivity index (χ4v) is 2.74. The van der Waals surface area contributed by atoms with Gasteiger partial charge in [-0.3, -0.25) is 0 Å². The Labute approximate surface area is 128 Å². The highest BCUT2D eigenvalue weighted by Crippen LogP contribution is 2.16. The minimum absolute atomic E-state index is 0.166. The molecule has 1 unspecified atom stereocenters. The monoisotopic (exact) mass is 307 g/mol. The first-order valence-electron chi connectivity index (χ1n) is 7.05. The first kappa shape index (κ1) is 14.2. The van der Waals surface area contributed by atoms with E-state index in [1.807, 2.05) is 6.07 Å². The van der Waals surface area contributed by atoms with E-state index in [1.54, 1.807) is 17.1 Å². The third-order valence-electron chi connectivity index (χ3n) is 3.58. The molecule has 8 heteroatoms. The maximum absolute atomic E-state index is 5.96. The molecule has 21 heavy (non-hydrogen) atoms. The van der Waals surface area contributed by atoms with E-state index in [9.17, 15) is 0 Å². The quantitative estimate of drug-likeness (QED) is 0.922. The molecule has 1 aliphatic rings. The van der Waals surface area contributed by atoms with E-state index in [0.29, 0.717) is 17.8 Å². The molecular weight excluding hydrogens is 290 g/mol. The maximum Gasteiger partial charge on any atom is 0.256 e. The third kappa shape index (κ3) is 3.68. The summed E-state index contributed by atoms with van der Waals surface area (Å²) in [5.41, 5.74) is 0. The number of aromatic nitrogens is 5. The largest absolute Gasteiger partial charge is 0.354 e. The lowest BCUT2D eigenvalue weighted by molar-refractivity contribution is 0.217. The van der Waals surface area contributed by atoms with Gasteiger partial charge >= 0.3 is 0 Å². The molecule has 0 aromatic carbocycles. The molecule has 2 aromatic heterocycles. The van der Waals surface area contributed by atoms with Crippen molar-refractivity contribution in [2.45, 2.75) is 12.8 Å². The maximum atomic E-state index is 5.96. The summed E-state index contributed by atoms with van der Waals surface area (Å²) in [6, 6.07) is 1.81. The van der Waals surface area contributed by atoms with Crippen molar-refractivity contribution in [2.75, 3.05) is 32.0 Å². The molecule has 112 valence electrons. The van der Waals surface area contributed by atoms with Gasteiger partial charge < -0.3 is 10.2 Å². The Morgan fingerprint density at radius 1 is 1.38 bits per heavy atom. The van der Waals surface area contributed by atoms with Gasteiger partial charge in [-0.1, -0.05) is 0 Å². The van der Waals surface area contributed by atoms with Crippen LogP contribution in [0.15, 0.2) is 18.5 Å². The van der Waals surface area contributed by atoms with Crippen LogP contribution in [0, 0.1) is 5.92 Å². The second-order valence-electron chi connectivity index (χ2n) is 5.33. The molecule has 0 spiro atoms. The topological polar surface area (TPSA) is 71.8 Å². The minimum Gasteiger partial charge on any atom is -0.354 e. The molecule has 3 rings (SSSR count). The van der Waals surface area contributed by atoms with Crippen LogP contribution in [0.4, 0.5) is 5.95 Å². The number of nitrogens with one attached hydrogen (secondary N) is 1. The van der Waals surface area contributed by atoms with Crippen LogP contribution in [-0.4, -0.2) is 56.3 Å². The summed E-state index contributed by atoms with van der Waals surface area (Å²) in [5, 5.41) is 7.53. The van der Waals surface area contributed by atoms with Gasteiger partial charge in [0.15, 0.2) is 0 Å². The highest BCUT2D eigenvalue weighted by molar-refractivity contribution is 6.28. The van der Waals surface area contributed by atoms with E-state index in [-0.39, 0.29) is 5.28 Å². The lowest BCUT2D eigenvalue weighted by Crippen LogP contribution is -2.35. The molecule has 0 amide bonds. The normalized spacial score (nSPS) is 19.6. The molecule has 1 fully saturated rings. The smallest absolute Gasteiger partial charge is 0.256 e. The summed E-state index contributed by atoms with van der Waals surface area (Å²) in [5.74, 6) is 1.52. The molecule has 0 saturated carbocycles. The molecule has 3 heterocycles. The number of piperidine rings is 1. The number of rotatable bonds is 4. The Balaban J connectivity index is 1.68. The first-order valence-corrected chi connectivity index (χ1v) is 7.42. The summed E-state index contributed by atoms with van der Waals surface area (Å²) < 4.78 is 1.56. The van der Waals surface area contributed by atoms with Crippen molar-refractivity contribution in [3.63, 3.8) is 0 Å². The zero-order valence-corrected chi connectivity index (χ0v) is 12.7. The Morgan fingerprint density at radius 3 is 3.05 bits per heavy atom. The summed E-state index contributed by atoms with van der Waals surface area (Å²) in [7, 11) is 2.15. The van der Waals surface area contributed by atoms with Crippen molar-refractivity contribution >= 4 is 17.5 Å². The van der Waals surface area contributed by atoms with Crippen molar-refractivity contribution < 1.29 is 0 Å². The van der Waals surface area contributed by atoms with E-state index >= 15 is 0 Å². The second kappa shape index (κ2) is 6.36. The van der Waals surface area contributed by atoms with Crippen LogP contribution in [0.5, 0.6) is 0 Å². The van der Waals surface area contributed by atoms with E-state index in [2.05, 4.69) is 37.3 Å². The number of hydrogen-bond acceptors (Lipinski definition) is 6. The van der Waals surface area contributed by atoms with Gasteiger partial charge in [0.05, 0.1) is 0 Å². The predicted octanol–water partition coefficient (Wildman–Crippen LogP) is 1.46. The lowest BCUT2D eigenvalue weighted by Gasteiger charge is -2.29. The van der Waals surface area contributed by atoms with E-state index in [0.717, 1.165) is 13.1 Å². The number of halogens is 1. The molecule has 7 nitrogen and oxygen atoms in total. The van der Waals surface area contributed by atoms with Gasteiger partial charge in [-0.2, -0.15) is 20.1 Å². The number of anilines is 1. The second-order valence-corrected chi connectivity index (χ2v) is 5.67. The van der Waals surface area contributed by atoms with E-state index in [4.69, 9.17) is 11.6 Å². The van der Waals surface area contributed by atoms with Crippen LogP contribution in [0.3, 0.4) is 0 Å². The summed E-state index contributed by atoms with van der Waals surface area (Å²) in [6.45, 7) is 3.11. The number of nitrogens with zero attached hydrogens (tertiary/aromatic N) is 6. The fourth-order valence-electron chi connectivity index (χ4n) is 2.58. The average Bonchev–Trinajstić information content (AvgIpc) is 2.99. The third-order valence-corrected chi connectivity index (χ3v) is 3.75. The molecular formula is C13H18ClN7. The van der Waals surface area contributed by atoms with Crippen LogP contribution in [-0.2, 0) is 0 Å². The van der Waals surface area contributed by atoms with Gasteiger partial charge in [0.25, 0.3) is 5.95 Å². The van der Waals surface area contributed by atoms with Gasteiger partial charge in [0.2, 0.25) is 11.2 Å². The Kier molecular flexibility index (Phi) is 4.31. The van der Waals surface area contributed by atoms with E-state index in [1.165, 1.54) is 19.4 Å². The van der Waals surface area contributed by atoms with Crippen LogP contribution < -0.4 is 5.32 Å². The van der Waals surface area contributed by atoms with Crippen LogP contribution in [0.2, 0.25) is 5.28 Å². The number of hydrogen-bond donors (Lipinski definition) is 1. The molecule has 1 saturated heterocycles. The average molecular weight is 308 g/mol. The van der Waals surface area contributed by atoms with Crippen molar-refractivity contribution in [1.29, 1.82) is 0 Å². The van der Waals surface area contributed by atoms with Gasteiger partial charge in [-0.05, 0) is 50.0 Å². The van der Waals surface area contributed by atoms with Crippen molar-refractivity contribution in [2.24, 2.45) is 5.92 Å². The van der Waals surface area contributed by atoms with Crippen LogP contribution in [0.1, 0.15) is 12.8 Å². The van der Waals surface area contributed by atoms with Crippen LogP contribution in [0.25, 0.3) is 5.95 Å². The van der Waals surface area contributed by atoms with Crippen molar-refractivity contribution in [3.05, 3.63) is 23.7 Å². The SMILES string of the molecule is CN1CCCC(CNc2nc(Cl)nc(-n3cccn3)n2)C1. The van der Waals surface area contributed by atoms with Crippen molar-refractivity contribution in [1.82, 2.24) is 29.6 Å². The first-order chi connectivity index (χ1) is 10.2. The molecule has 1 N–H and O–H groups in total. The van der Waals surface area contributed by atoms with Gasteiger partial charge in [-0.25, -0.2) is 4.68 Å². The Morgan fingerprint density at radius 2 is 2.29 bits per heavy atom. The molecule has 1 atom stereocenters. The Hall–Kier alpha value is -1.73. The standard InChI is InChI=1S/C13H18ClN7/c1-20-6-2-4-10(9-20)8-15-12-17-11(14)18-13(19-12)21-7-3-5-16-21/h3,5,7,10H,2,4,6,8-9H2,1H3,(H,15,17,18,19). The van der Waals surface area contributed by atoms with Crippen molar-refractivity contribution in [3.8, 4) is 5.95 Å². The summed E-state index contributed by atoms with van der Waals surface area (Å²) in [6.07, 6.45) is 5.90. The van der Waals surface area contributed by atoms with E-state index < -0.39 is 0 Å². The lowest BCUT2D eigenvalue weighted by atomic mass is 9.99. The highest BCUT2D eigenvalue weighted by atomic mass is 35.5. The van der Waals surface area contributed by atoms with Crippen LogP contribution >= 0.6 is 11.6 Å². The fraction of sp³-hybridized carbons (Fsp3) is 0.538. The summed E-state index contributed by atoms with van der Waals surface area (Å²) >= 11 is 5.96.